The monoisotopic (exact) mass is 219 g/mol. The first-order chi connectivity index (χ1) is 7.81. The fourth-order valence-corrected chi connectivity index (χ4v) is 2.38. The lowest BCUT2D eigenvalue weighted by molar-refractivity contribution is 0.204. The van der Waals surface area contributed by atoms with E-state index < -0.39 is 0 Å². The topological polar surface area (TPSA) is 35.2 Å². The van der Waals surface area contributed by atoms with Crippen LogP contribution in [0.3, 0.4) is 0 Å². The predicted molar refractivity (Wildman–Crippen MR) is 66.6 cm³/mol. The highest BCUT2D eigenvalue weighted by atomic mass is 16.5. The number of rotatable bonds is 4. The number of nitrogens with two attached hydrogens (primary N) is 1. The summed E-state index contributed by atoms with van der Waals surface area (Å²) in [6, 6.07) is 8.42. The Morgan fingerprint density at radius 2 is 2.25 bits per heavy atom. The minimum absolute atomic E-state index is 0.376. The molecular weight excluding hydrogens is 198 g/mol. The van der Waals surface area contributed by atoms with Gasteiger partial charge in [-0.05, 0) is 55.8 Å². The van der Waals surface area contributed by atoms with Gasteiger partial charge in [0.1, 0.15) is 5.75 Å². The zero-order valence-electron chi connectivity index (χ0n) is 9.99. The first kappa shape index (κ1) is 11.5. The summed E-state index contributed by atoms with van der Waals surface area (Å²) in [6.45, 7) is 2.97. The van der Waals surface area contributed by atoms with Crippen molar-refractivity contribution in [3.05, 3.63) is 29.8 Å². The van der Waals surface area contributed by atoms with Gasteiger partial charge in [0.2, 0.25) is 0 Å². The van der Waals surface area contributed by atoms with Crippen LogP contribution in [0.2, 0.25) is 0 Å². The Morgan fingerprint density at radius 1 is 1.38 bits per heavy atom. The molecule has 1 aliphatic rings. The maximum absolute atomic E-state index is 5.99. The Kier molecular flexibility index (Phi) is 3.83. The minimum Gasteiger partial charge on any atom is -0.490 e. The molecule has 1 saturated carbocycles. The summed E-state index contributed by atoms with van der Waals surface area (Å²) in [6.07, 6.45) is 4.92. The summed E-state index contributed by atoms with van der Waals surface area (Å²) in [5, 5.41) is 0. The first-order valence-electron chi connectivity index (χ1n) is 6.27. The normalized spacial score (nSPS) is 24.6. The van der Waals surface area contributed by atoms with Crippen molar-refractivity contribution in [3.8, 4) is 5.75 Å². The molecule has 1 aromatic carbocycles. The molecule has 2 rings (SSSR count). The second-order valence-electron chi connectivity index (χ2n) is 4.66. The predicted octanol–water partition coefficient (Wildman–Crippen LogP) is 2.76. The SMILES string of the molecule is CCc1cccc(OC2CCC(CN)C2)c1. The highest BCUT2D eigenvalue weighted by Gasteiger charge is 2.24. The summed E-state index contributed by atoms with van der Waals surface area (Å²) in [5.74, 6) is 1.68. The van der Waals surface area contributed by atoms with Gasteiger partial charge in [0, 0.05) is 0 Å². The molecule has 0 spiro atoms. The third-order valence-electron chi connectivity index (χ3n) is 3.44. The van der Waals surface area contributed by atoms with E-state index in [2.05, 4.69) is 31.2 Å². The maximum Gasteiger partial charge on any atom is 0.119 e. The van der Waals surface area contributed by atoms with E-state index in [9.17, 15) is 0 Å². The van der Waals surface area contributed by atoms with Gasteiger partial charge < -0.3 is 10.5 Å². The van der Waals surface area contributed by atoms with E-state index in [0.29, 0.717) is 12.0 Å². The van der Waals surface area contributed by atoms with Crippen LogP contribution < -0.4 is 10.5 Å². The van der Waals surface area contributed by atoms with Gasteiger partial charge in [-0.3, -0.25) is 0 Å². The van der Waals surface area contributed by atoms with E-state index >= 15 is 0 Å². The van der Waals surface area contributed by atoms with Gasteiger partial charge in [-0.15, -0.1) is 0 Å². The first-order valence-corrected chi connectivity index (χ1v) is 6.27. The zero-order valence-corrected chi connectivity index (χ0v) is 9.99. The third kappa shape index (κ3) is 2.76. The lowest BCUT2D eigenvalue weighted by Crippen LogP contribution is -2.15. The van der Waals surface area contributed by atoms with Crippen molar-refractivity contribution in [2.24, 2.45) is 11.7 Å². The molecule has 0 saturated heterocycles. The highest BCUT2D eigenvalue weighted by Crippen LogP contribution is 2.28. The third-order valence-corrected chi connectivity index (χ3v) is 3.44. The van der Waals surface area contributed by atoms with Crippen LogP contribution in [0.4, 0.5) is 0 Å². The Morgan fingerprint density at radius 3 is 2.94 bits per heavy atom. The summed E-state index contributed by atoms with van der Waals surface area (Å²) in [5.41, 5.74) is 7.02. The van der Waals surface area contributed by atoms with Crippen LogP contribution >= 0.6 is 0 Å². The van der Waals surface area contributed by atoms with E-state index in [1.54, 1.807) is 0 Å². The van der Waals surface area contributed by atoms with Gasteiger partial charge >= 0.3 is 0 Å². The van der Waals surface area contributed by atoms with Crippen molar-refractivity contribution < 1.29 is 4.74 Å². The maximum atomic E-state index is 5.99. The highest BCUT2D eigenvalue weighted by molar-refractivity contribution is 5.28. The molecule has 0 heterocycles. The van der Waals surface area contributed by atoms with Gasteiger partial charge in [0.15, 0.2) is 0 Å². The second-order valence-corrected chi connectivity index (χ2v) is 4.66. The molecular formula is C14H21NO. The van der Waals surface area contributed by atoms with Crippen LogP contribution in [-0.2, 0) is 6.42 Å². The quantitative estimate of drug-likeness (QED) is 0.845. The molecule has 2 nitrogen and oxygen atoms in total. The molecule has 0 aromatic heterocycles. The van der Waals surface area contributed by atoms with E-state index in [4.69, 9.17) is 10.5 Å². The van der Waals surface area contributed by atoms with E-state index in [1.165, 1.54) is 12.0 Å². The summed E-state index contributed by atoms with van der Waals surface area (Å²) in [7, 11) is 0. The van der Waals surface area contributed by atoms with E-state index in [0.717, 1.165) is 31.6 Å². The van der Waals surface area contributed by atoms with Crippen molar-refractivity contribution in [2.45, 2.75) is 38.7 Å². The molecule has 2 N–H and O–H groups in total. The average molecular weight is 219 g/mol. The van der Waals surface area contributed by atoms with Crippen LogP contribution in [0.25, 0.3) is 0 Å². The largest absolute Gasteiger partial charge is 0.490 e. The lowest BCUT2D eigenvalue weighted by atomic mass is 10.1. The molecule has 2 atom stereocenters. The lowest BCUT2D eigenvalue weighted by Gasteiger charge is -2.14. The van der Waals surface area contributed by atoms with Crippen molar-refractivity contribution in [3.63, 3.8) is 0 Å². The van der Waals surface area contributed by atoms with Crippen molar-refractivity contribution >= 4 is 0 Å². The van der Waals surface area contributed by atoms with Crippen LogP contribution in [0, 0.1) is 5.92 Å². The van der Waals surface area contributed by atoms with Crippen LogP contribution in [-0.4, -0.2) is 12.6 Å². The fourth-order valence-electron chi connectivity index (χ4n) is 2.38. The number of hydrogen-bond acceptors (Lipinski definition) is 2. The number of hydrogen-bond donors (Lipinski definition) is 1. The number of aryl methyl sites for hydroxylation is 1. The molecule has 16 heavy (non-hydrogen) atoms. The van der Waals surface area contributed by atoms with Crippen molar-refractivity contribution in [1.82, 2.24) is 0 Å². The Bertz CT molecular complexity index is 337. The molecule has 88 valence electrons. The van der Waals surface area contributed by atoms with E-state index in [1.807, 2.05) is 0 Å². The van der Waals surface area contributed by atoms with Gasteiger partial charge in [0.25, 0.3) is 0 Å². The molecule has 0 radical (unpaired) electrons. The molecule has 2 unspecified atom stereocenters. The second kappa shape index (κ2) is 5.35. The zero-order chi connectivity index (χ0) is 11.4. The Hall–Kier alpha value is -1.02. The Balaban J connectivity index is 1.94. The molecule has 1 aliphatic carbocycles. The van der Waals surface area contributed by atoms with Gasteiger partial charge in [-0.2, -0.15) is 0 Å². The van der Waals surface area contributed by atoms with Gasteiger partial charge in [0.05, 0.1) is 6.10 Å². The minimum atomic E-state index is 0.376. The fraction of sp³-hybridized carbons (Fsp3) is 0.571. The van der Waals surface area contributed by atoms with Crippen LogP contribution in [0.5, 0.6) is 5.75 Å². The standard InChI is InChI=1S/C14H21NO/c1-2-11-4-3-5-13(8-11)16-14-7-6-12(9-14)10-15/h3-5,8,12,14H,2,6-7,9-10,15H2,1H3. The van der Waals surface area contributed by atoms with E-state index in [-0.39, 0.29) is 0 Å². The van der Waals surface area contributed by atoms with Gasteiger partial charge in [-0.1, -0.05) is 19.1 Å². The number of benzene rings is 1. The molecule has 1 aromatic rings. The molecule has 0 aliphatic heterocycles. The Labute approximate surface area is 97.8 Å². The van der Waals surface area contributed by atoms with Crippen LogP contribution in [0.1, 0.15) is 31.7 Å². The molecule has 2 heteroatoms. The van der Waals surface area contributed by atoms with Gasteiger partial charge in [-0.25, -0.2) is 0 Å². The molecule has 0 bridgehead atoms. The van der Waals surface area contributed by atoms with Crippen molar-refractivity contribution in [2.75, 3.05) is 6.54 Å². The summed E-state index contributed by atoms with van der Waals surface area (Å²) < 4.78 is 5.99. The number of ether oxygens (including phenoxy) is 1. The molecule has 0 amide bonds. The van der Waals surface area contributed by atoms with Crippen molar-refractivity contribution in [1.29, 1.82) is 0 Å². The average Bonchev–Trinajstić information content (AvgIpc) is 2.77. The smallest absolute Gasteiger partial charge is 0.119 e. The summed E-state index contributed by atoms with van der Waals surface area (Å²) >= 11 is 0. The van der Waals surface area contributed by atoms with Crippen LogP contribution in [0.15, 0.2) is 24.3 Å². The summed E-state index contributed by atoms with van der Waals surface area (Å²) in [4.78, 5) is 0. The molecule has 1 fully saturated rings.